The van der Waals surface area contributed by atoms with Gasteiger partial charge in [0.2, 0.25) is 10.0 Å². The molecular weight excluding hydrogens is 314 g/mol. The summed E-state index contributed by atoms with van der Waals surface area (Å²) in [6.07, 6.45) is 8.65. The second kappa shape index (κ2) is 6.65. The van der Waals surface area contributed by atoms with Gasteiger partial charge in [-0.1, -0.05) is 19.3 Å². The first-order chi connectivity index (χ1) is 11.0. The smallest absolute Gasteiger partial charge is 0.270 e. The molecule has 7 heteroatoms. The molecule has 2 aliphatic rings. The Morgan fingerprint density at radius 2 is 1.83 bits per heavy atom. The Bertz CT molecular complexity index is 656. The van der Waals surface area contributed by atoms with Crippen LogP contribution in [0.1, 0.15) is 55.4 Å². The number of H-pyrrole nitrogens is 1. The fourth-order valence-electron chi connectivity index (χ4n) is 3.54. The third kappa shape index (κ3) is 3.30. The second-order valence-corrected chi connectivity index (χ2v) is 8.56. The van der Waals surface area contributed by atoms with E-state index in [4.69, 9.17) is 0 Å². The zero-order valence-electron chi connectivity index (χ0n) is 13.6. The molecule has 3 rings (SSSR count). The number of likely N-dealkylation sites (tertiary alicyclic amines) is 1. The summed E-state index contributed by atoms with van der Waals surface area (Å²) < 4.78 is 27.0. The molecule has 0 aromatic carbocycles. The molecule has 1 aromatic rings. The molecule has 1 saturated heterocycles. The van der Waals surface area contributed by atoms with Crippen LogP contribution < -0.4 is 0 Å². The molecule has 1 aliphatic carbocycles. The largest absolute Gasteiger partial charge is 0.356 e. The highest BCUT2D eigenvalue weighted by Gasteiger charge is 2.31. The Kier molecular flexibility index (Phi) is 4.77. The summed E-state index contributed by atoms with van der Waals surface area (Å²) >= 11 is 0. The monoisotopic (exact) mass is 339 g/mol. The van der Waals surface area contributed by atoms with Gasteiger partial charge in [-0.15, -0.1) is 0 Å². The number of hydrogen-bond acceptors (Lipinski definition) is 3. The lowest BCUT2D eigenvalue weighted by Crippen LogP contribution is -2.38. The maximum absolute atomic E-state index is 12.8. The Balaban J connectivity index is 1.76. The van der Waals surface area contributed by atoms with E-state index in [0.717, 1.165) is 51.6 Å². The summed E-state index contributed by atoms with van der Waals surface area (Å²) in [5.41, 5.74) is 0.363. The lowest BCUT2D eigenvalue weighted by Gasteiger charge is -2.30. The summed E-state index contributed by atoms with van der Waals surface area (Å²) in [6, 6.07) is 1.55. The van der Waals surface area contributed by atoms with E-state index in [1.807, 2.05) is 0 Å². The van der Waals surface area contributed by atoms with Crippen LogP contribution in [0.5, 0.6) is 0 Å². The quantitative estimate of drug-likeness (QED) is 0.914. The summed E-state index contributed by atoms with van der Waals surface area (Å²) in [4.78, 5) is 17.2. The highest BCUT2D eigenvalue weighted by Crippen LogP contribution is 2.27. The summed E-state index contributed by atoms with van der Waals surface area (Å²) in [7, 11) is -1.89. The number of nitrogens with one attached hydrogen (secondary N) is 1. The van der Waals surface area contributed by atoms with E-state index in [-0.39, 0.29) is 16.8 Å². The second-order valence-electron chi connectivity index (χ2n) is 6.56. The van der Waals surface area contributed by atoms with E-state index in [1.165, 1.54) is 23.0 Å². The van der Waals surface area contributed by atoms with Gasteiger partial charge >= 0.3 is 0 Å². The Hall–Kier alpha value is -1.34. The van der Waals surface area contributed by atoms with Gasteiger partial charge in [-0.25, -0.2) is 8.42 Å². The van der Waals surface area contributed by atoms with Crippen molar-refractivity contribution < 1.29 is 13.2 Å². The van der Waals surface area contributed by atoms with Gasteiger partial charge in [0.1, 0.15) is 10.6 Å². The first-order valence-electron chi connectivity index (χ1n) is 8.46. The molecule has 0 radical (unpaired) electrons. The molecule has 23 heavy (non-hydrogen) atoms. The molecule has 0 atom stereocenters. The fourth-order valence-corrected chi connectivity index (χ4v) is 4.96. The van der Waals surface area contributed by atoms with Crippen molar-refractivity contribution in [1.29, 1.82) is 0 Å². The molecule has 0 spiro atoms. The van der Waals surface area contributed by atoms with Crippen LogP contribution >= 0.6 is 0 Å². The van der Waals surface area contributed by atoms with E-state index < -0.39 is 10.0 Å². The topological polar surface area (TPSA) is 73.5 Å². The van der Waals surface area contributed by atoms with Crippen LogP contribution in [-0.4, -0.2) is 54.7 Å². The fraction of sp³-hybridized carbons (Fsp3) is 0.688. The number of amides is 1. The first kappa shape index (κ1) is 16.5. The average Bonchev–Trinajstić information content (AvgIpc) is 3.26. The Morgan fingerprint density at radius 1 is 1.17 bits per heavy atom. The highest BCUT2D eigenvalue weighted by atomic mass is 32.2. The number of rotatable bonds is 4. The Morgan fingerprint density at radius 3 is 2.48 bits per heavy atom. The minimum absolute atomic E-state index is 0.0707. The molecule has 6 nitrogen and oxygen atoms in total. The number of aromatic amines is 1. The number of carbonyl (C=O) groups is 1. The summed E-state index contributed by atoms with van der Waals surface area (Å²) in [6.45, 7) is 1.50. The molecule has 1 amide bonds. The van der Waals surface area contributed by atoms with Gasteiger partial charge in [0.05, 0.1) is 0 Å². The normalized spacial score (nSPS) is 20.3. The van der Waals surface area contributed by atoms with Gasteiger partial charge in [-0.05, 0) is 31.7 Å². The molecule has 2 fully saturated rings. The van der Waals surface area contributed by atoms with Crippen LogP contribution in [0.3, 0.4) is 0 Å². The predicted molar refractivity (Wildman–Crippen MR) is 87.8 cm³/mol. The van der Waals surface area contributed by atoms with Gasteiger partial charge in [0.25, 0.3) is 5.91 Å². The lowest BCUT2D eigenvalue weighted by atomic mass is 9.96. The molecule has 0 unspecified atom stereocenters. The zero-order valence-corrected chi connectivity index (χ0v) is 14.4. The maximum Gasteiger partial charge on any atom is 0.270 e. The van der Waals surface area contributed by atoms with Crippen LogP contribution in [0.15, 0.2) is 17.2 Å². The summed E-state index contributed by atoms with van der Waals surface area (Å²) in [5, 5.41) is 0. The molecule has 128 valence electrons. The highest BCUT2D eigenvalue weighted by molar-refractivity contribution is 7.89. The van der Waals surface area contributed by atoms with Crippen LogP contribution in [0.25, 0.3) is 0 Å². The summed E-state index contributed by atoms with van der Waals surface area (Å²) in [5.74, 6) is -0.107. The van der Waals surface area contributed by atoms with E-state index in [1.54, 1.807) is 11.9 Å². The van der Waals surface area contributed by atoms with Gasteiger partial charge < -0.3 is 9.88 Å². The van der Waals surface area contributed by atoms with Crippen molar-refractivity contribution in [3.63, 3.8) is 0 Å². The van der Waals surface area contributed by atoms with Gasteiger partial charge in [0.15, 0.2) is 0 Å². The van der Waals surface area contributed by atoms with E-state index in [9.17, 15) is 13.2 Å². The van der Waals surface area contributed by atoms with Crippen molar-refractivity contribution in [2.24, 2.45) is 0 Å². The van der Waals surface area contributed by atoms with Crippen molar-refractivity contribution in [2.75, 3.05) is 20.1 Å². The molecular formula is C16H25N3O3S. The molecule has 2 heterocycles. The van der Waals surface area contributed by atoms with Crippen molar-refractivity contribution in [3.8, 4) is 0 Å². The maximum atomic E-state index is 12.8. The predicted octanol–water partition coefficient (Wildman–Crippen LogP) is 2.20. The molecule has 1 saturated carbocycles. The SMILES string of the molecule is CN(C1CCCCC1)S(=O)(=O)c1c[nH]c(C(=O)N2CCCC2)c1. The van der Waals surface area contributed by atoms with Crippen molar-refractivity contribution in [2.45, 2.75) is 55.9 Å². The van der Waals surface area contributed by atoms with E-state index in [0.29, 0.717) is 5.69 Å². The Labute approximate surface area is 137 Å². The standard InChI is InChI=1S/C16H25N3O3S/c1-18(13-7-3-2-4-8-13)23(21,22)14-11-15(17-12-14)16(20)19-9-5-6-10-19/h11-13,17H,2-10H2,1H3. The molecule has 1 aliphatic heterocycles. The van der Waals surface area contributed by atoms with Crippen LogP contribution in [-0.2, 0) is 10.0 Å². The van der Waals surface area contributed by atoms with Crippen LogP contribution in [0.4, 0.5) is 0 Å². The molecule has 0 bridgehead atoms. The van der Waals surface area contributed by atoms with E-state index in [2.05, 4.69) is 4.98 Å². The van der Waals surface area contributed by atoms with E-state index >= 15 is 0 Å². The lowest BCUT2D eigenvalue weighted by molar-refractivity contribution is 0.0787. The van der Waals surface area contributed by atoms with Gasteiger partial charge in [0, 0.05) is 32.4 Å². The number of hydrogen-bond donors (Lipinski definition) is 1. The van der Waals surface area contributed by atoms with Crippen molar-refractivity contribution >= 4 is 15.9 Å². The van der Waals surface area contributed by atoms with Gasteiger partial charge in [-0.2, -0.15) is 4.31 Å². The van der Waals surface area contributed by atoms with Gasteiger partial charge in [-0.3, -0.25) is 4.79 Å². The number of carbonyl (C=O) groups excluding carboxylic acids is 1. The molecule has 1 aromatic heterocycles. The van der Waals surface area contributed by atoms with Crippen LogP contribution in [0, 0.1) is 0 Å². The van der Waals surface area contributed by atoms with Crippen LogP contribution in [0.2, 0.25) is 0 Å². The number of aromatic nitrogens is 1. The average molecular weight is 339 g/mol. The third-order valence-electron chi connectivity index (χ3n) is 5.05. The first-order valence-corrected chi connectivity index (χ1v) is 9.90. The third-order valence-corrected chi connectivity index (χ3v) is 6.93. The number of nitrogens with zero attached hydrogens (tertiary/aromatic N) is 2. The van der Waals surface area contributed by atoms with Crippen molar-refractivity contribution in [3.05, 3.63) is 18.0 Å². The minimum Gasteiger partial charge on any atom is -0.356 e. The zero-order chi connectivity index (χ0) is 16.4. The van der Waals surface area contributed by atoms with Crippen molar-refractivity contribution in [1.82, 2.24) is 14.2 Å². The molecule has 1 N–H and O–H groups in total. The minimum atomic E-state index is -3.54. The number of sulfonamides is 1.